The van der Waals surface area contributed by atoms with E-state index >= 15 is 0 Å². The highest BCUT2D eigenvalue weighted by atomic mass is 35.7. The molecule has 0 bridgehead atoms. The molecule has 0 N–H and O–H groups in total. The average molecular weight is 195 g/mol. The maximum Gasteiger partial charge on any atom is 0.168 e. The van der Waals surface area contributed by atoms with Gasteiger partial charge in [-0.05, 0) is 12.1 Å². The minimum absolute atomic E-state index is 0.0806. The first kappa shape index (κ1) is 8.13. The molecule has 0 aliphatic heterocycles. The molecule has 1 atom stereocenters. The molecule has 1 rings (SSSR count). The fourth-order valence-corrected chi connectivity index (χ4v) is 1.32. The second-order valence-corrected chi connectivity index (χ2v) is 2.84. The number of halogens is 2. The van der Waals surface area contributed by atoms with Gasteiger partial charge < -0.3 is 4.52 Å². The molecule has 0 aromatic heterocycles. The first-order valence-corrected chi connectivity index (χ1v) is 4.91. The lowest BCUT2D eigenvalue weighted by molar-refractivity contribution is 0.642. The summed E-state index contributed by atoms with van der Waals surface area (Å²) in [4.78, 5) is 0. The molecule has 1 aromatic carbocycles. The molecule has 54 valence electrons. The van der Waals surface area contributed by atoms with Gasteiger partial charge in [-0.1, -0.05) is 35.0 Å². The van der Waals surface area contributed by atoms with Gasteiger partial charge in [0.25, 0.3) is 0 Å². The summed E-state index contributed by atoms with van der Waals surface area (Å²) in [6.45, 7) is 0. The largest absolute Gasteiger partial charge is 0.459 e. The van der Waals surface area contributed by atoms with Crippen molar-refractivity contribution in [1.29, 1.82) is 0 Å². The third-order valence-electron chi connectivity index (χ3n) is 0.985. The lowest BCUT2D eigenvalue weighted by Crippen LogP contribution is -1.74. The van der Waals surface area contributed by atoms with Crippen molar-refractivity contribution >= 4 is 31.0 Å². The van der Waals surface area contributed by atoms with Gasteiger partial charge in [-0.15, -0.1) is 0 Å². The van der Waals surface area contributed by atoms with Crippen LogP contribution in [-0.4, -0.2) is 0 Å². The minimum atomic E-state index is -0.0806. The number of rotatable bonds is 2. The van der Waals surface area contributed by atoms with E-state index < -0.39 is 0 Å². The van der Waals surface area contributed by atoms with Crippen molar-refractivity contribution < 1.29 is 4.52 Å². The van der Waals surface area contributed by atoms with Crippen LogP contribution in [0.15, 0.2) is 24.3 Å². The zero-order valence-corrected chi connectivity index (χ0v) is 7.49. The Kier molecular flexibility index (Phi) is 3.27. The Hall–Kier alpha value is 0.0300. The molecule has 0 saturated heterocycles. The molecule has 0 fully saturated rings. The molecule has 0 heterocycles. The van der Waals surface area contributed by atoms with Crippen LogP contribution >= 0.6 is 31.0 Å². The van der Waals surface area contributed by atoms with Crippen molar-refractivity contribution in [2.45, 2.75) is 0 Å². The molecule has 0 aliphatic carbocycles. The smallest absolute Gasteiger partial charge is 0.168 e. The van der Waals surface area contributed by atoms with Gasteiger partial charge in [0.15, 0.2) is 8.16 Å². The van der Waals surface area contributed by atoms with Gasteiger partial charge in [-0.3, -0.25) is 0 Å². The molecule has 1 unspecified atom stereocenters. The molecule has 4 heteroatoms. The van der Waals surface area contributed by atoms with Crippen LogP contribution in [0.1, 0.15) is 0 Å². The zero-order chi connectivity index (χ0) is 7.40. The van der Waals surface area contributed by atoms with Crippen LogP contribution in [-0.2, 0) is 0 Å². The summed E-state index contributed by atoms with van der Waals surface area (Å²) in [6, 6.07) is 7.22. The Morgan fingerprint density at radius 1 is 1.30 bits per heavy atom. The Morgan fingerprint density at radius 3 is 2.60 bits per heavy atom. The summed E-state index contributed by atoms with van der Waals surface area (Å²) in [6.07, 6.45) is 0. The summed E-state index contributed by atoms with van der Waals surface area (Å²) in [5.41, 5.74) is 0. The first-order chi connectivity index (χ1) is 4.84. The standard InChI is InChI=1S/C6H5Cl2OP/c7-5-3-1-2-4-6(5)9-10-8/h1-4,10H. The van der Waals surface area contributed by atoms with E-state index in [-0.39, 0.29) is 8.16 Å². The number of para-hydroxylation sites is 1. The molecule has 0 spiro atoms. The third-order valence-corrected chi connectivity index (χ3v) is 1.83. The first-order valence-electron chi connectivity index (χ1n) is 2.61. The van der Waals surface area contributed by atoms with E-state index in [2.05, 4.69) is 0 Å². The van der Waals surface area contributed by atoms with Crippen LogP contribution in [0, 0.1) is 0 Å². The quantitative estimate of drug-likeness (QED) is 0.656. The molecular formula is C6H5Cl2OP. The Labute approximate surface area is 70.9 Å². The van der Waals surface area contributed by atoms with Gasteiger partial charge in [-0.25, -0.2) is 0 Å². The molecule has 0 amide bonds. The van der Waals surface area contributed by atoms with E-state index in [4.69, 9.17) is 27.4 Å². The van der Waals surface area contributed by atoms with Gasteiger partial charge in [0, 0.05) is 0 Å². The van der Waals surface area contributed by atoms with Crippen molar-refractivity contribution in [3.05, 3.63) is 29.3 Å². The molecule has 0 aliphatic rings. The summed E-state index contributed by atoms with van der Waals surface area (Å²) >= 11 is 11.1. The monoisotopic (exact) mass is 194 g/mol. The fraction of sp³-hybridized carbons (Fsp3) is 0. The Bertz CT molecular complexity index is 217. The summed E-state index contributed by atoms with van der Waals surface area (Å²) in [5, 5.41) is 0.593. The van der Waals surface area contributed by atoms with E-state index in [1.54, 1.807) is 12.1 Å². The number of hydrogen-bond donors (Lipinski definition) is 0. The van der Waals surface area contributed by atoms with Crippen molar-refractivity contribution in [1.82, 2.24) is 0 Å². The number of benzene rings is 1. The van der Waals surface area contributed by atoms with Gasteiger partial charge in [0.05, 0.1) is 5.02 Å². The summed E-state index contributed by atoms with van der Waals surface area (Å²) in [5.74, 6) is 0.637. The lowest BCUT2D eigenvalue weighted by Gasteiger charge is -2.00. The van der Waals surface area contributed by atoms with Gasteiger partial charge in [0.2, 0.25) is 0 Å². The van der Waals surface area contributed by atoms with Crippen LogP contribution in [0.4, 0.5) is 0 Å². The Morgan fingerprint density at radius 2 is 2.00 bits per heavy atom. The highest BCUT2D eigenvalue weighted by Gasteiger charge is 1.96. The highest BCUT2D eigenvalue weighted by molar-refractivity contribution is 7.64. The summed E-state index contributed by atoms with van der Waals surface area (Å²) < 4.78 is 5.00. The van der Waals surface area contributed by atoms with Crippen LogP contribution in [0.3, 0.4) is 0 Å². The maximum absolute atomic E-state index is 5.72. The van der Waals surface area contributed by atoms with Crippen molar-refractivity contribution in [2.75, 3.05) is 0 Å². The third kappa shape index (κ3) is 2.02. The Balaban J connectivity index is 2.81. The predicted octanol–water partition coefficient (Wildman–Crippen LogP) is 3.47. The van der Waals surface area contributed by atoms with Crippen molar-refractivity contribution in [2.24, 2.45) is 0 Å². The second kappa shape index (κ2) is 4.02. The lowest BCUT2D eigenvalue weighted by atomic mass is 10.3. The molecule has 0 saturated carbocycles. The molecule has 1 aromatic rings. The van der Waals surface area contributed by atoms with Gasteiger partial charge >= 0.3 is 0 Å². The predicted molar refractivity (Wildman–Crippen MR) is 46.2 cm³/mol. The van der Waals surface area contributed by atoms with Crippen molar-refractivity contribution in [3.63, 3.8) is 0 Å². The van der Waals surface area contributed by atoms with E-state index in [9.17, 15) is 0 Å². The zero-order valence-electron chi connectivity index (χ0n) is 4.97. The van der Waals surface area contributed by atoms with Gasteiger partial charge in [0.1, 0.15) is 5.75 Å². The van der Waals surface area contributed by atoms with Crippen LogP contribution in [0.2, 0.25) is 5.02 Å². The van der Waals surface area contributed by atoms with Crippen molar-refractivity contribution in [3.8, 4) is 5.75 Å². The molecule has 1 nitrogen and oxygen atoms in total. The SMILES string of the molecule is ClPOc1ccccc1Cl. The second-order valence-electron chi connectivity index (χ2n) is 1.61. The van der Waals surface area contributed by atoms with E-state index in [0.717, 1.165) is 0 Å². The maximum atomic E-state index is 5.72. The molecular weight excluding hydrogens is 190 g/mol. The van der Waals surface area contributed by atoms with Gasteiger partial charge in [-0.2, -0.15) is 0 Å². The summed E-state index contributed by atoms with van der Waals surface area (Å²) in [7, 11) is -0.0806. The fourth-order valence-electron chi connectivity index (χ4n) is 0.569. The van der Waals surface area contributed by atoms with Crippen LogP contribution < -0.4 is 4.52 Å². The topological polar surface area (TPSA) is 9.23 Å². The van der Waals surface area contributed by atoms with E-state index in [1.807, 2.05) is 12.1 Å². The van der Waals surface area contributed by atoms with Crippen LogP contribution in [0.25, 0.3) is 0 Å². The average Bonchev–Trinajstić information content (AvgIpc) is 1.94. The number of hydrogen-bond acceptors (Lipinski definition) is 1. The van der Waals surface area contributed by atoms with E-state index in [1.165, 1.54) is 0 Å². The van der Waals surface area contributed by atoms with E-state index in [0.29, 0.717) is 10.8 Å². The highest BCUT2D eigenvalue weighted by Crippen LogP contribution is 2.30. The van der Waals surface area contributed by atoms with Crippen LogP contribution in [0.5, 0.6) is 5.75 Å². The minimum Gasteiger partial charge on any atom is -0.459 e. The molecule has 0 radical (unpaired) electrons. The normalized spacial score (nSPS) is 10.6. The molecule has 10 heavy (non-hydrogen) atoms.